The summed E-state index contributed by atoms with van der Waals surface area (Å²) in [7, 11) is -3.32. The van der Waals surface area contributed by atoms with E-state index < -0.39 is 10.0 Å². The lowest BCUT2D eigenvalue weighted by molar-refractivity contribution is 0.272. The summed E-state index contributed by atoms with van der Waals surface area (Å²) in [5.74, 6) is 0.581. The SMILES string of the molecule is C=C(C)CC1CCN(S(=O)(=O)c2ccc(C)cc2)CC1. The molecule has 0 atom stereocenters. The monoisotopic (exact) mass is 293 g/mol. The van der Waals surface area contributed by atoms with Crippen molar-refractivity contribution in [2.24, 2.45) is 5.92 Å². The minimum atomic E-state index is -3.32. The van der Waals surface area contributed by atoms with Crippen LogP contribution in [0.5, 0.6) is 0 Å². The third kappa shape index (κ3) is 3.49. The molecule has 0 bridgehead atoms. The zero-order valence-corrected chi connectivity index (χ0v) is 13.1. The van der Waals surface area contributed by atoms with Crippen molar-refractivity contribution in [1.29, 1.82) is 0 Å². The van der Waals surface area contributed by atoms with Crippen LogP contribution in [0.3, 0.4) is 0 Å². The van der Waals surface area contributed by atoms with Gasteiger partial charge in [0.05, 0.1) is 4.90 Å². The largest absolute Gasteiger partial charge is 0.243 e. The van der Waals surface area contributed by atoms with Crippen molar-refractivity contribution in [3.05, 3.63) is 42.0 Å². The molecule has 4 heteroatoms. The van der Waals surface area contributed by atoms with E-state index >= 15 is 0 Å². The van der Waals surface area contributed by atoms with E-state index in [1.165, 1.54) is 5.57 Å². The fourth-order valence-electron chi connectivity index (χ4n) is 2.71. The average molecular weight is 293 g/mol. The number of benzene rings is 1. The molecule has 0 spiro atoms. The fraction of sp³-hybridized carbons (Fsp3) is 0.500. The van der Waals surface area contributed by atoms with Crippen LogP contribution in [-0.4, -0.2) is 25.8 Å². The van der Waals surface area contributed by atoms with Crippen molar-refractivity contribution in [3.63, 3.8) is 0 Å². The van der Waals surface area contributed by atoms with Gasteiger partial charge in [0.25, 0.3) is 0 Å². The Labute approximate surface area is 122 Å². The standard InChI is InChI=1S/C16H23NO2S/c1-13(2)12-15-8-10-17(11-9-15)20(18,19)16-6-4-14(3)5-7-16/h4-7,15H,1,8-12H2,2-3H3. The Morgan fingerprint density at radius 3 is 2.30 bits per heavy atom. The molecule has 0 amide bonds. The van der Waals surface area contributed by atoms with E-state index in [0.29, 0.717) is 23.9 Å². The number of aryl methyl sites for hydroxylation is 1. The molecular formula is C16H23NO2S. The van der Waals surface area contributed by atoms with Crippen LogP contribution in [-0.2, 0) is 10.0 Å². The first-order chi connectivity index (χ1) is 9.39. The molecule has 2 rings (SSSR count). The van der Waals surface area contributed by atoms with E-state index in [1.807, 2.05) is 26.0 Å². The Morgan fingerprint density at radius 1 is 1.25 bits per heavy atom. The molecule has 0 aromatic heterocycles. The van der Waals surface area contributed by atoms with E-state index in [0.717, 1.165) is 24.8 Å². The van der Waals surface area contributed by atoms with Crippen molar-refractivity contribution >= 4 is 10.0 Å². The van der Waals surface area contributed by atoms with Gasteiger partial charge in [0.15, 0.2) is 0 Å². The highest BCUT2D eigenvalue weighted by Gasteiger charge is 2.29. The molecule has 0 saturated carbocycles. The summed E-state index contributed by atoms with van der Waals surface area (Å²) in [6.45, 7) is 9.17. The van der Waals surface area contributed by atoms with E-state index in [1.54, 1.807) is 16.4 Å². The lowest BCUT2D eigenvalue weighted by Crippen LogP contribution is -2.38. The molecule has 1 aliphatic rings. The molecule has 1 fully saturated rings. The molecule has 3 nitrogen and oxygen atoms in total. The Morgan fingerprint density at radius 2 is 1.80 bits per heavy atom. The van der Waals surface area contributed by atoms with Gasteiger partial charge >= 0.3 is 0 Å². The van der Waals surface area contributed by atoms with Gasteiger partial charge in [0.2, 0.25) is 10.0 Å². The maximum Gasteiger partial charge on any atom is 0.243 e. The van der Waals surface area contributed by atoms with Gasteiger partial charge in [-0.15, -0.1) is 6.58 Å². The van der Waals surface area contributed by atoms with Crippen LogP contribution < -0.4 is 0 Å². The second-order valence-corrected chi connectivity index (χ2v) is 7.76. The topological polar surface area (TPSA) is 37.4 Å². The Hall–Kier alpha value is -1.13. The van der Waals surface area contributed by atoms with E-state index in [-0.39, 0.29) is 0 Å². The second-order valence-electron chi connectivity index (χ2n) is 5.82. The fourth-order valence-corrected chi connectivity index (χ4v) is 4.18. The first-order valence-electron chi connectivity index (χ1n) is 7.11. The molecule has 0 N–H and O–H groups in total. The molecule has 1 aliphatic heterocycles. The van der Waals surface area contributed by atoms with Gasteiger partial charge in [-0.2, -0.15) is 4.31 Å². The van der Waals surface area contributed by atoms with Crippen molar-refractivity contribution in [3.8, 4) is 0 Å². The van der Waals surface area contributed by atoms with Gasteiger partial charge in [-0.05, 0) is 51.2 Å². The number of hydrogen-bond donors (Lipinski definition) is 0. The van der Waals surface area contributed by atoms with E-state index in [2.05, 4.69) is 6.58 Å². The third-order valence-corrected chi connectivity index (χ3v) is 5.78. The van der Waals surface area contributed by atoms with Crippen molar-refractivity contribution < 1.29 is 8.42 Å². The Balaban J connectivity index is 2.05. The van der Waals surface area contributed by atoms with Gasteiger partial charge in [0, 0.05) is 13.1 Å². The summed E-state index contributed by atoms with van der Waals surface area (Å²) in [6, 6.07) is 7.09. The number of allylic oxidation sites excluding steroid dienone is 1. The Bertz CT molecular complexity index is 567. The quantitative estimate of drug-likeness (QED) is 0.798. The van der Waals surface area contributed by atoms with Crippen LogP contribution in [0, 0.1) is 12.8 Å². The van der Waals surface area contributed by atoms with Crippen LogP contribution >= 0.6 is 0 Å². The second kappa shape index (κ2) is 6.10. The summed E-state index contributed by atoms with van der Waals surface area (Å²) in [5.41, 5.74) is 2.26. The highest BCUT2D eigenvalue weighted by Crippen LogP contribution is 2.27. The molecule has 110 valence electrons. The van der Waals surface area contributed by atoms with Gasteiger partial charge in [0.1, 0.15) is 0 Å². The van der Waals surface area contributed by atoms with Crippen molar-refractivity contribution in [2.45, 2.75) is 38.0 Å². The number of sulfonamides is 1. The number of nitrogens with zero attached hydrogens (tertiary/aromatic N) is 1. The molecule has 1 aromatic rings. The highest BCUT2D eigenvalue weighted by molar-refractivity contribution is 7.89. The maximum absolute atomic E-state index is 12.5. The van der Waals surface area contributed by atoms with Crippen molar-refractivity contribution in [1.82, 2.24) is 4.31 Å². The maximum atomic E-state index is 12.5. The lowest BCUT2D eigenvalue weighted by Gasteiger charge is -2.31. The highest BCUT2D eigenvalue weighted by atomic mass is 32.2. The van der Waals surface area contributed by atoms with Gasteiger partial charge < -0.3 is 0 Å². The normalized spacial score (nSPS) is 18.1. The predicted octanol–water partition coefficient (Wildman–Crippen LogP) is 3.36. The van der Waals surface area contributed by atoms with Gasteiger partial charge in [-0.25, -0.2) is 8.42 Å². The minimum absolute atomic E-state index is 0.404. The summed E-state index contributed by atoms with van der Waals surface area (Å²) in [4.78, 5) is 0.404. The molecule has 0 unspecified atom stereocenters. The molecule has 1 aromatic carbocycles. The summed E-state index contributed by atoms with van der Waals surface area (Å²) in [6.07, 6.45) is 2.87. The molecule has 0 radical (unpaired) electrons. The molecule has 0 aliphatic carbocycles. The van der Waals surface area contributed by atoms with E-state index in [4.69, 9.17) is 0 Å². The molecule has 20 heavy (non-hydrogen) atoms. The summed E-state index contributed by atoms with van der Waals surface area (Å²) in [5, 5.41) is 0. The number of rotatable bonds is 4. The van der Waals surface area contributed by atoms with Crippen LogP contribution in [0.25, 0.3) is 0 Å². The summed E-state index contributed by atoms with van der Waals surface area (Å²) >= 11 is 0. The zero-order valence-electron chi connectivity index (χ0n) is 12.3. The molecular weight excluding hydrogens is 270 g/mol. The Kier molecular flexibility index (Phi) is 4.66. The predicted molar refractivity (Wildman–Crippen MR) is 82.1 cm³/mol. The van der Waals surface area contributed by atoms with Crippen LogP contribution in [0.2, 0.25) is 0 Å². The molecule has 1 heterocycles. The van der Waals surface area contributed by atoms with Crippen LogP contribution in [0.1, 0.15) is 31.7 Å². The average Bonchev–Trinajstić information content (AvgIpc) is 2.39. The molecule has 1 saturated heterocycles. The van der Waals surface area contributed by atoms with Gasteiger partial charge in [-0.1, -0.05) is 23.3 Å². The minimum Gasteiger partial charge on any atom is -0.207 e. The zero-order chi connectivity index (χ0) is 14.8. The van der Waals surface area contributed by atoms with Crippen molar-refractivity contribution in [2.75, 3.05) is 13.1 Å². The first-order valence-corrected chi connectivity index (χ1v) is 8.55. The smallest absolute Gasteiger partial charge is 0.207 e. The lowest BCUT2D eigenvalue weighted by atomic mass is 9.92. The van der Waals surface area contributed by atoms with Crippen LogP contribution in [0.4, 0.5) is 0 Å². The van der Waals surface area contributed by atoms with E-state index in [9.17, 15) is 8.42 Å². The van der Waals surface area contributed by atoms with Gasteiger partial charge in [-0.3, -0.25) is 0 Å². The third-order valence-electron chi connectivity index (χ3n) is 3.87. The summed E-state index contributed by atoms with van der Waals surface area (Å²) < 4.78 is 26.7. The first kappa shape index (κ1) is 15.3. The number of hydrogen-bond acceptors (Lipinski definition) is 2. The number of piperidine rings is 1. The van der Waals surface area contributed by atoms with Crippen LogP contribution in [0.15, 0.2) is 41.3 Å².